The molecular weight excluding hydrogens is 324 g/mol. The van der Waals surface area contributed by atoms with Crippen LogP contribution in [0.1, 0.15) is 15.9 Å². The van der Waals surface area contributed by atoms with E-state index in [-0.39, 0.29) is 16.4 Å². The fourth-order valence-corrected chi connectivity index (χ4v) is 3.68. The average molecular weight is 336 g/mol. The van der Waals surface area contributed by atoms with Crippen molar-refractivity contribution in [2.75, 3.05) is 0 Å². The molecule has 1 aliphatic rings. The largest absolute Gasteiger partial charge is 0.287 e. The van der Waals surface area contributed by atoms with Crippen LogP contribution in [-0.4, -0.2) is 19.9 Å². The minimum absolute atomic E-state index is 0.0931. The Kier molecular flexibility index (Phi) is 3.21. The van der Waals surface area contributed by atoms with Crippen molar-refractivity contribution >= 4 is 32.3 Å². The van der Waals surface area contributed by atoms with Gasteiger partial charge < -0.3 is 0 Å². The molecule has 5 nitrogen and oxygen atoms in total. The zero-order chi connectivity index (χ0) is 16.7. The second kappa shape index (κ2) is 5.28. The van der Waals surface area contributed by atoms with Gasteiger partial charge in [0.1, 0.15) is 5.71 Å². The van der Waals surface area contributed by atoms with Gasteiger partial charge in [-0.05, 0) is 17.5 Å². The SMILES string of the molecule is O=C1/C(=N\NS(=O)(=O)c2ccccc2)c2cccc3cccc1c23. The fourth-order valence-electron chi connectivity index (χ4n) is 2.85. The van der Waals surface area contributed by atoms with Crippen LogP contribution in [0.2, 0.25) is 0 Å². The molecule has 3 aromatic carbocycles. The summed E-state index contributed by atoms with van der Waals surface area (Å²) in [6, 6.07) is 18.8. The van der Waals surface area contributed by atoms with Crippen molar-refractivity contribution in [1.82, 2.24) is 4.83 Å². The summed E-state index contributed by atoms with van der Waals surface area (Å²) in [5.41, 5.74) is 1.30. The van der Waals surface area contributed by atoms with Crippen LogP contribution in [0.15, 0.2) is 76.7 Å². The van der Waals surface area contributed by atoms with Crippen molar-refractivity contribution in [1.29, 1.82) is 0 Å². The van der Waals surface area contributed by atoms with Gasteiger partial charge in [0, 0.05) is 16.5 Å². The predicted molar refractivity (Wildman–Crippen MR) is 91.6 cm³/mol. The molecule has 1 N–H and O–H groups in total. The summed E-state index contributed by atoms with van der Waals surface area (Å²) in [6.45, 7) is 0. The number of rotatable bonds is 3. The summed E-state index contributed by atoms with van der Waals surface area (Å²) in [6.07, 6.45) is 0. The fraction of sp³-hybridized carbons (Fsp3) is 0. The van der Waals surface area contributed by atoms with Crippen LogP contribution in [0, 0.1) is 0 Å². The highest BCUT2D eigenvalue weighted by Crippen LogP contribution is 2.30. The number of sulfonamides is 1. The molecule has 0 unspecified atom stereocenters. The second-order valence-corrected chi connectivity index (χ2v) is 7.07. The monoisotopic (exact) mass is 336 g/mol. The lowest BCUT2D eigenvalue weighted by atomic mass is 10.1. The van der Waals surface area contributed by atoms with E-state index in [2.05, 4.69) is 9.93 Å². The Morgan fingerprint density at radius 3 is 2.17 bits per heavy atom. The maximum Gasteiger partial charge on any atom is 0.276 e. The first-order valence-electron chi connectivity index (χ1n) is 7.29. The molecule has 0 aliphatic heterocycles. The summed E-state index contributed by atoms with van der Waals surface area (Å²) in [4.78, 5) is 14.8. The third-order valence-corrected chi connectivity index (χ3v) is 5.18. The van der Waals surface area contributed by atoms with Gasteiger partial charge in [0.05, 0.1) is 4.90 Å². The van der Waals surface area contributed by atoms with E-state index in [0.717, 1.165) is 10.8 Å². The van der Waals surface area contributed by atoms with Gasteiger partial charge >= 0.3 is 0 Å². The van der Waals surface area contributed by atoms with Crippen molar-refractivity contribution < 1.29 is 13.2 Å². The molecule has 3 aromatic rings. The Balaban J connectivity index is 1.78. The maximum absolute atomic E-state index is 12.6. The summed E-state index contributed by atoms with van der Waals surface area (Å²) in [7, 11) is -3.82. The van der Waals surface area contributed by atoms with Gasteiger partial charge in [-0.15, -0.1) is 0 Å². The molecule has 0 radical (unpaired) electrons. The molecule has 0 aromatic heterocycles. The van der Waals surface area contributed by atoms with Crippen LogP contribution < -0.4 is 4.83 Å². The van der Waals surface area contributed by atoms with E-state index in [1.54, 1.807) is 36.4 Å². The lowest BCUT2D eigenvalue weighted by Gasteiger charge is -2.04. The van der Waals surface area contributed by atoms with Gasteiger partial charge in [-0.3, -0.25) is 4.79 Å². The third-order valence-electron chi connectivity index (χ3n) is 3.95. The average Bonchev–Trinajstić information content (AvgIpc) is 2.88. The van der Waals surface area contributed by atoms with E-state index in [1.165, 1.54) is 12.1 Å². The molecular formula is C18H12N2O3S. The minimum atomic E-state index is -3.82. The van der Waals surface area contributed by atoms with Crippen LogP contribution in [0.5, 0.6) is 0 Å². The molecule has 0 spiro atoms. The number of carbonyl (C=O) groups excluding carboxylic acids is 1. The number of hydrazone groups is 1. The zero-order valence-corrected chi connectivity index (χ0v) is 13.2. The number of benzene rings is 3. The molecule has 6 heteroatoms. The zero-order valence-electron chi connectivity index (χ0n) is 12.4. The first-order chi connectivity index (χ1) is 11.6. The van der Waals surface area contributed by atoms with Crippen LogP contribution in [0.3, 0.4) is 0 Å². The molecule has 4 rings (SSSR count). The van der Waals surface area contributed by atoms with E-state index >= 15 is 0 Å². The molecule has 0 amide bonds. The quantitative estimate of drug-likeness (QED) is 0.747. The summed E-state index contributed by atoms with van der Waals surface area (Å²) in [5.74, 6) is -0.280. The number of carbonyl (C=O) groups is 1. The molecule has 0 saturated carbocycles. The first kappa shape index (κ1) is 14.6. The van der Waals surface area contributed by atoms with Crippen molar-refractivity contribution in [3.05, 3.63) is 77.9 Å². The molecule has 0 fully saturated rings. The van der Waals surface area contributed by atoms with E-state index in [1.807, 2.05) is 18.2 Å². The maximum atomic E-state index is 12.6. The van der Waals surface area contributed by atoms with Crippen molar-refractivity contribution in [3.63, 3.8) is 0 Å². The number of nitrogens with one attached hydrogen (secondary N) is 1. The summed E-state index contributed by atoms with van der Waals surface area (Å²) >= 11 is 0. The summed E-state index contributed by atoms with van der Waals surface area (Å²) in [5, 5.41) is 5.65. The Morgan fingerprint density at radius 1 is 0.792 bits per heavy atom. The van der Waals surface area contributed by atoms with Gasteiger partial charge in [-0.2, -0.15) is 18.4 Å². The topological polar surface area (TPSA) is 75.6 Å². The van der Waals surface area contributed by atoms with Crippen molar-refractivity contribution in [3.8, 4) is 0 Å². The number of hydrogen-bond acceptors (Lipinski definition) is 4. The Bertz CT molecular complexity index is 1100. The van der Waals surface area contributed by atoms with Crippen LogP contribution in [0.4, 0.5) is 0 Å². The van der Waals surface area contributed by atoms with Crippen LogP contribution in [0.25, 0.3) is 10.8 Å². The van der Waals surface area contributed by atoms with E-state index in [0.29, 0.717) is 11.1 Å². The van der Waals surface area contributed by atoms with Crippen molar-refractivity contribution in [2.45, 2.75) is 4.90 Å². The Morgan fingerprint density at radius 2 is 1.46 bits per heavy atom. The molecule has 1 aliphatic carbocycles. The third kappa shape index (κ3) is 2.19. The first-order valence-corrected chi connectivity index (χ1v) is 8.77. The molecule has 0 bridgehead atoms. The van der Waals surface area contributed by atoms with Gasteiger partial charge in [0.25, 0.3) is 10.0 Å². The highest BCUT2D eigenvalue weighted by Gasteiger charge is 2.29. The Labute approximate surface area is 138 Å². The number of hydrogen-bond donors (Lipinski definition) is 1. The lowest BCUT2D eigenvalue weighted by molar-refractivity contribution is 0.107. The molecule has 0 saturated heterocycles. The number of ketones is 1. The standard InChI is InChI=1S/C18H12N2O3S/c21-18-15-11-5-7-12-6-4-10-14(16(12)15)17(18)19-20-24(22,23)13-8-2-1-3-9-13/h1-11,20H/b19-17-. The smallest absolute Gasteiger partial charge is 0.276 e. The molecule has 0 atom stereocenters. The van der Waals surface area contributed by atoms with E-state index in [9.17, 15) is 13.2 Å². The summed E-state index contributed by atoms with van der Waals surface area (Å²) < 4.78 is 24.6. The highest BCUT2D eigenvalue weighted by atomic mass is 32.2. The van der Waals surface area contributed by atoms with Gasteiger partial charge in [0.2, 0.25) is 5.78 Å². The van der Waals surface area contributed by atoms with Gasteiger partial charge in [0.15, 0.2) is 0 Å². The molecule has 0 heterocycles. The molecule has 118 valence electrons. The predicted octanol–water partition coefficient (Wildman–Crippen LogP) is 2.72. The van der Waals surface area contributed by atoms with Crippen molar-refractivity contribution in [2.24, 2.45) is 5.10 Å². The van der Waals surface area contributed by atoms with Gasteiger partial charge in [-0.25, -0.2) is 0 Å². The van der Waals surface area contributed by atoms with Crippen LogP contribution >= 0.6 is 0 Å². The second-order valence-electron chi connectivity index (χ2n) is 5.41. The number of nitrogens with zero attached hydrogens (tertiary/aromatic N) is 1. The van der Waals surface area contributed by atoms with E-state index in [4.69, 9.17) is 0 Å². The van der Waals surface area contributed by atoms with Crippen LogP contribution in [-0.2, 0) is 10.0 Å². The minimum Gasteiger partial charge on any atom is -0.287 e. The normalized spacial score (nSPS) is 15.2. The molecule has 24 heavy (non-hydrogen) atoms. The highest BCUT2D eigenvalue weighted by molar-refractivity contribution is 7.89. The lowest BCUT2D eigenvalue weighted by Crippen LogP contribution is -2.22. The van der Waals surface area contributed by atoms with E-state index < -0.39 is 10.0 Å². The Hall–Kier alpha value is -2.99. The number of Topliss-reactive ketones (excluding diaryl/α,β-unsaturated/α-hetero) is 1. The van der Waals surface area contributed by atoms with Gasteiger partial charge in [-0.1, -0.05) is 54.6 Å².